The maximum atomic E-state index is 14.6. The summed E-state index contributed by atoms with van der Waals surface area (Å²) in [5.74, 6) is 0.571. The summed E-state index contributed by atoms with van der Waals surface area (Å²) in [6, 6.07) is 30.0. The fourth-order valence-corrected chi connectivity index (χ4v) is 7.35. The van der Waals surface area contributed by atoms with Crippen molar-refractivity contribution in [3.05, 3.63) is 107 Å². The van der Waals surface area contributed by atoms with Crippen LogP contribution in [0.4, 0.5) is 0 Å². The highest BCUT2D eigenvalue weighted by atomic mass is 16.2. The van der Waals surface area contributed by atoms with Crippen molar-refractivity contribution in [2.24, 2.45) is 5.92 Å². The summed E-state index contributed by atoms with van der Waals surface area (Å²) in [7, 11) is 0. The lowest BCUT2D eigenvalue weighted by Crippen LogP contribution is -2.33. The number of nitrogens with one attached hydrogen (secondary N) is 2. The number of rotatable bonds is 12. The summed E-state index contributed by atoms with van der Waals surface area (Å²) in [6.07, 6.45) is 5.50. The number of carbonyl (C=O) groups is 2. The zero-order valence-electron chi connectivity index (χ0n) is 25.3. The fraction of sp³-hybridized carbons (Fsp3) is 0.405. The predicted octanol–water partition coefficient (Wildman–Crippen LogP) is 6.51. The molecule has 224 valence electrons. The summed E-state index contributed by atoms with van der Waals surface area (Å²) in [6.45, 7) is 6.29. The Kier molecular flexibility index (Phi) is 9.23. The van der Waals surface area contributed by atoms with Gasteiger partial charge in [-0.2, -0.15) is 0 Å². The van der Waals surface area contributed by atoms with Crippen LogP contribution in [0.3, 0.4) is 0 Å². The number of para-hydroxylation sites is 1. The Morgan fingerprint density at radius 2 is 1.67 bits per heavy atom. The van der Waals surface area contributed by atoms with Gasteiger partial charge in [0.2, 0.25) is 5.91 Å². The van der Waals surface area contributed by atoms with Crippen molar-refractivity contribution in [3.8, 4) is 0 Å². The maximum Gasteiger partial charge on any atom is 0.268 e. The second-order valence-corrected chi connectivity index (χ2v) is 12.1. The van der Waals surface area contributed by atoms with Gasteiger partial charge in [0.05, 0.1) is 0 Å². The normalized spacial score (nSPS) is 17.7. The zero-order chi connectivity index (χ0) is 29.6. The van der Waals surface area contributed by atoms with E-state index in [0.29, 0.717) is 25.4 Å². The van der Waals surface area contributed by atoms with Crippen LogP contribution in [0, 0.1) is 5.92 Å². The highest BCUT2D eigenvalue weighted by Gasteiger charge is 2.35. The fourth-order valence-electron chi connectivity index (χ4n) is 7.35. The third-order valence-corrected chi connectivity index (χ3v) is 9.34. The Labute approximate surface area is 255 Å². The summed E-state index contributed by atoms with van der Waals surface area (Å²) >= 11 is 0. The molecule has 6 nitrogen and oxygen atoms in total. The molecule has 2 aliphatic heterocycles. The maximum absolute atomic E-state index is 14.6. The molecule has 2 aliphatic rings. The number of aromatic nitrogens is 1. The van der Waals surface area contributed by atoms with Gasteiger partial charge < -0.3 is 20.1 Å². The number of hydrogen-bond donors (Lipinski definition) is 2. The molecule has 43 heavy (non-hydrogen) atoms. The van der Waals surface area contributed by atoms with E-state index in [4.69, 9.17) is 0 Å². The zero-order valence-corrected chi connectivity index (χ0v) is 25.3. The van der Waals surface area contributed by atoms with Crippen molar-refractivity contribution in [2.75, 3.05) is 32.7 Å². The van der Waals surface area contributed by atoms with Crippen molar-refractivity contribution in [1.82, 2.24) is 20.1 Å². The molecule has 0 radical (unpaired) electrons. The van der Waals surface area contributed by atoms with Gasteiger partial charge in [-0.1, -0.05) is 92.2 Å². The van der Waals surface area contributed by atoms with Crippen LogP contribution in [-0.2, 0) is 4.79 Å². The lowest BCUT2D eigenvalue weighted by atomic mass is 9.83. The van der Waals surface area contributed by atoms with Crippen LogP contribution in [0.25, 0.3) is 10.9 Å². The molecular weight excluding hydrogens is 532 g/mol. The number of nitrogens with zero attached hydrogens (tertiary/aromatic N) is 2. The highest BCUT2D eigenvalue weighted by molar-refractivity contribution is 6.03. The smallest absolute Gasteiger partial charge is 0.268 e. The van der Waals surface area contributed by atoms with Crippen molar-refractivity contribution < 1.29 is 9.59 Å². The molecule has 3 heterocycles. The Hall–Kier alpha value is -3.90. The van der Waals surface area contributed by atoms with E-state index in [-0.39, 0.29) is 23.8 Å². The quantitative estimate of drug-likeness (QED) is 0.189. The summed E-state index contributed by atoms with van der Waals surface area (Å²) < 4.78 is 2.41. The summed E-state index contributed by atoms with van der Waals surface area (Å²) in [5.41, 5.74) is 5.34. The molecule has 2 fully saturated rings. The van der Waals surface area contributed by atoms with E-state index >= 15 is 0 Å². The SMILES string of the molecule is CCCC(C1CCNC1)n1c(C(=O)NCCCN2CCCC2=O)c(C(c2ccccc2)c2ccccc2)c2ccccc21. The van der Waals surface area contributed by atoms with E-state index in [1.54, 1.807) is 0 Å². The molecule has 2 unspecified atom stereocenters. The summed E-state index contributed by atoms with van der Waals surface area (Å²) in [4.78, 5) is 28.7. The van der Waals surface area contributed by atoms with Gasteiger partial charge in [-0.15, -0.1) is 0 Å². The molecular formula is C37H44N4O2. The van der Waals surface area contributed by atoms with Crippen LogP contribution in [-0.4, -0.2) is 54.0 Å². The molecule has 2 amide bonds. The minimum atomic E-state index is -0.0968. The van der Waals surface area contributed by atoms with E-state index in [1.807, 2.05) is 4.90 Å². The number of likely N-dealkylation sites (tertiary alicyclic amines) is 1. The lowest BCUT2D eigenvalue weighted by molar-refractivity contribution is -0.127. The number of fused-ring (bicyclic) bond motifs is 1. The average Bonchev–Trinajstić information content (AvgIpc) is 3.80. The Morgan fingerprint density at radius 3 is 2.30 bits per heavy atom. The third-order valence-electron chi connectivity index (χ3n) is 9.34. The second kappa shape index (κ2) is 13.6. The molecule has 0 bridgehead atoms. The van der Waals surface area contributed by atoms with Gasteiger partial charge in [-0.3, -0.25) is 9.59 Å². The molecule has 2 atom stereocenters. The van der Waals surface area contributed by atoms with Crippen molar-refractivity contribution in [2.45, 2.75) is 57.4 Å². The molecule has 2 saturated heterocycles. The van der Waals surface area contributed by atoms with Gasteiger partial charge in [0.15, 0.2) is 0 Å². The first-order valence-electron chi connectivity index (χ1n) is 16.2. The van der Waals surface area contributed by atoms with Gasteiger partial charge in [-0.25, -0.2) is 0 Å². The molecule has 4 aromatic rings. The number of carbonyl (C=O) groups excluding carboxylic acids is 2. The molecule has 0 saturated carbocycles. The first-order chi connectivity index (χ1) is 21.2. The first kappa shape index (κ1) is 29.2. The van der Waals surface area contributed by atoms with E-state index in [9.17, 15) is 9.59 Å². The predicted molar refractivity (Wildman–Crippen MR) is 173 cm³/mol. The number of benzene rings is 3. The summed E-state index contributed by atoms with van der Waals surface area (Å²) in [5, 5.41) is 8.04. The second-order valence-electron chi connectivity index (χ2n) is 12.1. The van der Waals surface area contributed by atoms with Crippen LogP contribution in [0.5, 0.6) is 0 Å². The molecule has 1 aromatic heterocycles. The molecule has 0 spiro atoms. The molecule has 6 heteroatoms. The van der Waals surface area contributed by atoms with Crippen LogP contribution in [0.1, 0.15) is 84.6 Å². The van der Waals surface area contributed by atoms with Gasteiger partial charge in [-0.05, 0) is 61.9 Å². The minimum Gasteiger partial charge on any atom is -0.351 e. The largest absolute Gasteiger partial charge is 0.351 e. The standard InChI is InChI=1S/C37H44N4O2/c1-2-13-31(29-21-23-38-26-29)41-32-19-10-9-18-30(32)35(34(27-14-5-3-6-15-27)28-16-7-4-8-17-28)36(41)37(43)39-22-12-25-40-24-11-20-33(40)42/h3-10,14-19,29,31,34,38H,2,11-13,20-26H2,1H3,(H,39,43). The molecule has 0 aliphatic carbocycles. The van der Waals surface area contributed by atoms with Gasteiger partial charge in [0.1, 0.15) is 5.69 Å². The van der Waals surface area contributed by atoms with Crippen molar-refractivity contribution in [1.29, 1.82) is 0 Å². The van der Waals surface area contributed by atoms with Gasteiger partial charge in [0, 0.05) is 54.5 Å². The number of amides is 2. The third kappa shape index (κ3) is 6.12. The van der Waals surface area contributed by atoms with Crippen LogP contribution < -0.4 is 10.6 Å². The molecule has 3 aromatic carbocycles. The van der Waals surface area contributed by atoms with Crippen molar-refractivity contribution in [3.63, 3.8) is 0 Å². The van der Waals surface area contributed by atoms with E-state index in [0.717, 1.165) is 73.9 Å². The first-order valence-corrected chi connectivity index (χ1v) is 16.2. The van der Waals surface area contributed by atoms with E-state index in [1.165, 1.54) is 11.1 Å². The highest BCUT2D eigenvalue weighted by Crippen LogP contribution is 2.43. The monoisotopic (exact) mass is 576 g/mol. The van der Waals surface area contributed by atoms with Crippen molar-refractivity contribution >= 4 is 22.7 Å². The van der Waals surface area contributed by atoms with Gasteiger partial charge >= 0.3 is 0 Å². The van der Waals surface area contributed by atoms with E-state index in [2.05, 4.69) is 107 Å². The van der Waals surface area contributed by atoms with Crippen LogP contribution in [0.15, 0.2) is 84.9 Å². The average molecular weight is 577 g/mol. The Morgan fingerprint density at radius 1 is 0.977 bits per heavy atom. The van der Waals surface area contributed by atoms with Crippen LogP contribution in [0.2, 0.25) is 0 Å². The molecule has 2 N–H and O–H groups in total. The Balaban J connectivity index is 1.49. The van der Waals surface area contributed by atoms with E-state index < -0.39 is 0 Å². The minimum absolute atomic E-state index is 0.0251. The molecule has 6 rings (SSSR count). The number of hydrogen-bond acceptors (Lipinski definition) is 3. The van der Waals surface area contributed by atoms with Crippen LogP contribution >= 0.6 is 0 Å². The Bertz CT molecular complexity index is 1490. The van der Waals surface area contributed by atoms with Gasteiger partial charge in [0.25, 0.3) is 5.91 Å². The lowest BCUT2D eigenvalue weighted by Gasteiger charge is -2.28. The topological polar surface area (TPSA) is 66.4 Å².